The van der Waals surface area contributed by atoms with Gasteiger partial charge in [-0.1, -0.05) is 29.3 Å². The monoisotopic (exact) mass is 441 g/mol. The molecule has 0 radical (unpaired) electrons. The van der Waals surface area contributed by atoms with Crippen LogP contribution in [-0.4, -0.2) is 22.0 Å². The van der Waals surface area contributed by atoms with Crippen LogP contribution in [0.15, 0.2) is 59.1 Å². The number of ether oxygens (including phenoxy) is 1. The zero-order valence-electron chi connectivity index (χ0n) is 16.1. The van der Waals surface area contributed by atoms with Crippen LogP contribution in [0.1, 0.15) is 12.5 Å². The molecule has 0 aliphatic rings. The zero-order chi connectivity index (χ0) is 21.3. The maximum absolute atomic E-state index is 12.7. The number of hydrogen-bond acceptors (Lipinski definition) is 5. The van der Waals surface area contributed by atoms with Gasteiger partial charge < -0.3 is 14.5 Å². The predicted molar refractivity (Wildman–Crippen MR) is 117 cm³/mol. The standard InChI is InChI=1S/C22H17Cl2N3O3/c1-12-15(22-27-20-19(30-22)7-4-10-25-20)5-3-6-17(12)26-21(28)13(2)29-18-9-8-14(23)11-16(18)24/h3-11,13H,1-2H3,(H,26,28). The highest BCUT2D eigenvalue weighted by atomic mass is 35.5. The summed E-state index contributed by atoms with van der Waals surface area (Å²) in [5, 5.41) is 3.72. The second-order valence-electron chi connectivity index (χ2n) is 6.65. The van der Waals surface area contributed by atoms with Crippen molar-refractivity contribution >= 4 is 46.0 Å². The molecule has 152 valence electrons. The second-order valence-corrected chi connectivity index (χ2v) is 7.49. The van der Waals surface area contributed by atoms with Crippen LogP contribution in [0, 0.1) is 6.92 Å². The number of amides is 1. The Hall–Kier alpha value is -3.09. The lowest BCUT2D eigenvalue weighted by Gasteiger charge is -2.17. The molecular weight excluding hydrogens is 425 g/mol. The van der Waals surface area contributed by atoms with Crippen LogP contribution in [0.2, 0.25) is 10.0 Å². The first kappa shape index (κ1) is 20.2. The van der Waals surface area contributed by atoms with E-state index in [1.54, 1.807) is 49.5 Å². The normalized spacial score (nSPS) is 12.0. The molecule has 1 N–H and O–H groups in total. The number of aromatic nitrogens is 2. The summed E-state index contributed by atoms with van der Waals surface area (Å²) in [7, 11) is 0. The number of anilines is 1. The highest BCUT2D eigenvalue weighted by Gasteiger charge is 2.19. The molecule has 0 aliphatic carbocycles. The van der Waals surface area contributed by atoms with Gasteiger partial charge in [-0.05, 0) is 61.9 Å². The molecule has 6 nitrogen and oxygen atoms in total. The average Bonchev–Trinajstić information content (AvgIpc) is 3.15. The third kappa shape index (κ3) is 4.10. The Labute approximate surface area is 182 Å². The maximum Gasteiger partial charge on any atom is 0.265 e. The van der Waals surface area contributed by atoms with Crippen LogP contribution in [0.25, 0.3) is 22.7 Å². The number of fused-ring (bicyclic) bond motifs is 1. The van der Waals surface area contributed by atoms with Crippen molar-refractivity contribution in [1.29, 1.82) is 0 Å². The van der Waals surface area contributed by atoms with Crippen molar-refractivity contribution in [2.24, 2.45) is 0 Å². The van der Waals surface area contributed by atoms with E-state index >= 15 is 0 Å². The van der Waals surface area contributed by atoms with Crippen LogP contribution in [0.4, 0.5) is 5.69 Å². The maximum atomic E-state index is 12.7. The molecule has 0 aliphatic heterocycles. The smallest absolute Gasteiger partial charge is 0.265 e. The number of carbonyl (C=O) groups is 1. The van der Waals surface area contributed by atoms with E-state index in [4.69, 9.17) is 32.4 Å². The van der Waals surface area contributed by atoms with Gasteiger partial charge >= 0.3 is 0 Å². The summed E-state index contributed by atoms with van der Waals surface area (Å²) in [6.07, 6.45) is 0.882. The Balaban J connectivity index is 1.54. The van der Waals surface area contributed by atoms with Gasteiger partial charge in [0.15, 0.2) is 17.3 Å². The molecule has 1 amide bonds. The minimum atomic E-state index is -0.778. The third-order valence-corrected chi connectivity index (χ3v) is 5.08. The number of pyridine rings is 1. The summed E-state index contributed by atoms with van der Waals surface area (Å²) in [4.78, 5) is 21.3. The molecule has 2 heterocycles. The van der Waals surface area contributed by atoms with Crippen LogP contribution in [0.5, 0.6) is 5.75 Å². The molecule has 30 heavy (non-hydrogen) atoms. The summed E-state index contributed by atoms with van der Waals surface area (Å²) in [5.41, 5.74) is 3.34. The lowest BCUT2D eigenvalue weighted by atomic mass is 10.1. The molecule has 8 heteroatoms. The number of oxazole rings is 1. The van der Waals surface area contributed by atoms with Crippen molar-refractivity contribution in [1.82, 2.24) is 9.97 Å². The number of hydrogen-bond donors (Lipinski definition) is 1. The molecule has 2 aromatic carbocycles. The first-order chi connectivity index (χ1) is 14.4. The van der Waals surface area contributed by atoms with Crippen molar-refractivity contribution in [3.05, 3.63) is 70.3 Å². The highest BCUT2D eigenvalue weighted by molar-refractivity contribution is 6.35. The molecule has 0 spiro atoms. The Bertz CT molecular complexity index is 1210. The minimum Gasteiger partial charge on any atom is -0.479 e. The van der Waals surface area contributed by atoms with E-state index in [1.807, 2.05) is 19.1 Å². The van der Waals surface area contributed by atoms with Gasteiger partial charge in [-0.3, -0.25) is 4.79 Å². The molecule has 0 saturated carbocycles. The van der Waals surface area contributed by atoms with Crippen molar-refractivity contribution in [3.63, 3.8) is 0 Å². The summed E-state index contributed by atoms with van der Waals surface area (Å²) < 4.78 is 11.5. The van der Waals surface area contributed by atoms with Crippen molar-refractivity contribution < 1.29 is 13.9 Å². The van der Waals surface area contributed by atoms with E-state index in [0.717, 1.165) is 11.1 Å². The van der Waals surface area contributed by atoms with Crippen molar-refractivity contribution in [2.75, 3.05) is 5.32 Å². The van der Waals surface area contributed by atoms with Crippen LogP contribution in [-0.2, 0) is 4.79 Å². The summed E-state index contributed by atoms with van der Waals surface area (Å²) in [6, 6.07) is 13.9. The summed E-state index contributed by atoms with van der Waals surface area (Å²) in [5.74, 6) is 0.503. The minimum absolute atomic E-state index is 0.319. The molecule has 4 rings (SSSR count). The lowest BCUT2D eigenvalue weighted by molar-refractivity contribution is -0.122. The Morgan fingerprint density at radius 3 is 2.77 bits per heavy atom. The van der Waals surface area contributed by atoms with Gasteiger partial charge in [-0.15, -0.1) is 0 Å². The largest absolute Gasteiger partial charge is 0.479 e. The van der Waals surface area contributed by atoms with E-state index in [2.05, 4.69) is 15.3 Å². The van der Waals surface area contributed by atoms with E-state index in [-0.39, 0.29) is 5.91 Å². The third-order valence-electron chi connectivity index (χ3n) is 4.55. The number of rotatable bonds is 5. The second kappa shape index (κ2) is 8.34. The van der Waals surface area contributed by atoms with E-state index in [1.165, 1.54) is 0 Å². The van der Waals surface area contributed by atoms with E-state index in [9.17, 15) is 4.79 Å². The fourth-order valence-electron chi connectivity index (χ4n) is 2.94. The summed E-state index contributed by atoms with van der Waals surface area (Å²) in [6.45, 7) is 3.53. The number of carbonyl (C=O) groups excluding carboxylic acids is 1. The molecule has 1 unspecified atom stereocenters. The fourth-order valence-corrected chi connectivity index (χ4v) is 3.39. The first-order valence-corrected chi connectivity index (χ1v) is 9.92. The average molecular weight is 442 g/mol. The van der Waals surface area contributed by atoms with Crippen LogP contribution >= 0.6 is 23.2 Å². The fraction of sp³-hybridized carbons (Fsp3) is 0.136. The van der Waals surface area contributed by atoms with E-state index in [0.29, 0.717) is 38.6 Å². The lowest BCUT2D eigenvalue weighted by Crippen LogP contribution is -2.30. The van der Waals surface area contributed by atoms with E-state index < -0.39 is 6.10 Å². The van der Waals surface area contributed by atoms with Gasteiger partial charge in [0.05, 0.1) is 5.02 Å². The Morgan fingerprint density at radius 1 is 1.17 bits per heavy atom. The number of nitrogens with zero attached hydrogens (tertiary/aromatic N) is 2. The van der Waals surface area contributed by atoms with Gasteiger partial charge in [0.25, 0.3) is 5.91 Å². The van der Waals surface area contributed by atoms with Gasteiger partial charge in [-0.25, -0.2) is 4.98 Å². The quantitative estimate of drug-likeness (QED) is 0.416. The molecular formula is C22H17Cl2N3O3. The van der Waals surface area contributed by atoms with Crippen molar-refractivity contribution in [3.8, 4) is 17.2 Å². The predicted octanol–water partition coefficient (Wildman–Crippen LogP) is 5.91. The molecule has 2 aromatic heterocycles. The van der Waals surface area contributed by atoms with Crippen LogP contribution < -0.4 is 10.1 Å². The topological polar surface area (TPSA) is 77.2 Å². The van der Waals surface area contributed by atoms with Crippen molar-refractivity contribution in [2.45, 2.75) is 20.0 Å². The van der Waals surface area contributed by atoms with Gasteiger partial charge in [0, 0.05) is 22.5 Å². The molecule has 0 bridgehead atoms. The van der Waals surface area contributed by atoms with Gasteiger partial charge in [0.1, 0.15) is 5.75 Å². The SMILES string of the molecule is Cc1c(NC(=O)C(C)Oc2ccc(Cl)cc2Cl)cccc1-c1nc2ncccc2o1. The Morgan fingerprint density at radius 2 is 2.00 bits per heavy atom. The number of nitrogens with one attached hydrogen (secondary N) is 1. The first-order valence-electron chi connectivity index (χ1n) is 9.16. The summed E-state index contributed by atoms with van der Waals surface area (Å²) >= 11 is 12.0. The molecule has 4 aromatic rings. The van der Waals surface area contributed by atoms with Crippen LogP contribution in [0.3, 0.4) is 0 Å². The zero-order valence-corrected chi connectivity index (χ0v) is 17.7. The highest BCUT2D eigenvalue weighted by Crippen LogP contribution is 2.31. The van der Waals surface area contributed by atoms with Gasteiger partial charge in [0.2, 0.25) is 5.89 Å². The molecule has 1 atom stereocenters. The molecule has 0 saturated heterocycles. The number of benzene rings is 2. The number of halogens is 2. The Kier molecular flexibility index (Phi) is 5.61. The van der Waals surface area contributed by atoms with Gasteiger partial charge in [-0.2, -0.15) is 4.98 Å². The molecule has 0 fully saturated rings.